The number of aryl methyl sites for hydroxylation is 1. The van der Waals surface area contributed by atoms with Crippen LogP contribution in [0.3, 0.4) is 0 Å². The second-order valence-corrected chi connectivity index (χ2v) is 6.97. The summed E-state index contributed by atoms with van der Waals surface area (Å²) in [5, 5.41) is 3.95. The third-order valence-corrected chi connectivity index (χ3v) is 3.83. The first kappa shape index (κ1) is 15.9. The molecular weight excluding hydrogens is 285 g/mol. The number of hydrogen-bond acceptors (Lipinski definition) is 4. The molecule has 0 aliphatic heterocycles. The zero-order valence-electron chi connectivity index (χ0n) is 12.8. The Hall–Kier alpha value is -1.46. The van der Waals surface area contributed by atoms with E-state index < -0.39 is 0 Å². The van der Waals surface area contributed by atoms with Crippen molar-refractivity contribution in [3.63, 3.8) is 0 Å². The monoisotopic (exact) mass is 305 g/mol. The van der Waals surface area contributed by atoms with E-state index in [0.717, 1.165) is 10.5 Å². The summed E-state index contributed by atoms with van der Waals surface area (Å²) in [6.45, 7) is 8.59. The third-order valence-electron chi connectivity index (χ3n) is 2.83. The van der Waals surface area contributed by atoms with Gasteiger partial charge in [-0.2, -0.15) is 0 Å². The number of benzene rings is 1. The number of nitrogens with zero attached hydrogens (tertiary/aromatic N) is 2. The van der Waals surface area contributed by atoms with Crippen molar-refractivity contribution < 1.29 is 4.39 Å². The van der Waals surface area contributed by atoms with Crippen LogP contribution in [0, 0.1) is 12.7 Å². The lowest BCUT2D eigenvalue weighted by Gasteiger charge is -2.21. The Morgan fingerprint density at radius 3 is 2.48 bits per heavy atom. The lowest BCUT2D eigenvalue weighted by molar-refractivity contribution is 0.416. The van der Waals surface area contributed by atoms with Gasteiger partial charge in [-0.25, -0.2) is 14.4 Å². The molecule has 0 amide bonds. The van der Waals surface area contributed by atoms with E-state index in [1.807, 2.05) is 13.0 Å². The molecule has 2 aromatic rings. The van der Waals surface area contributed by atoms with Crippen LogP contribution < -0.4 is 5.32 Å². The van der Waals surface area contributed by atoms with E-state index in [0.29, 0.717) is 17.3 Å². The van der Waals surface area contributed by atoms with Crippen molar-refractivity contribution in [2.75, 3.05) is 0 Å². The molecule has 0 unspecified atom stereocenters. The molecule has 0 aliphatic rings. The van der Waals surface area contributed by atoms with E-state index >= 15 is 0 Å². The van der Waals surface area contributed by atoms with Gasteiger partial charge >= 0.3 is 0 Å². The molecule has 0 fully saturated rings. The van der Waals surface area contributed by atoms with Crippen LogP contribution in [0.25, 0.3) is 0 Å². The molecule has 1 aromatic heterocycles. The Bertz CT molecular complexity index is 606. The summed E-state index contributed by atoms with van der Waals surface area (Å²) in [6, 6.07) is 5.10. The third kappa shape index (κ3) is 4.79. The maximum absolute atomic E-state index is 14.1. The molecular formula is C16H20FN3S. The maximum atomic E-state index is 14.1. The van der Waals surface area contributed by atoms with Gasteiger partial charge in [0.25, 0.3) is 0 Å². The fourth-order valence-electron chi connectivity index (χ4n) is 1.69. The second-order valence-electron chi connectivity index (χ2n) is 5.97. The Morgan fingerprint density at radius 1 is 1.19 bits per heavy atom. The predicted molar refractivity (Wildman–Crippen MR) is 83.9 cm³/mol. The summed E-state index contributed by atoms with van der Waals surface area (Å²) in [7, 11) is 0. The average Bonchev–Trinajstić information content (AvgIpc) is 2.39. The molecule has 0 atom stereocenters. The molecule has 5 heteroatoms. The lowest BCUT2D eigenvalue weighted by Crippen LogP contribution is -2.35. The molecule has 21 heavy (non-hydrogen) atoms. The van der Waals surface area contributed by atoms with E-state index in [9.17, 15) is 4.39 Å². The number of nitrogens with one attached hydrogen (secondary N) is 1. The molecule has 0 radical (unpaired) electrons. The minimum absolute atomic E-state index is 0.0649. The van der Waals surface area contributed by atoms with E-state index in [1.165, 1.54) is 17.8 Å². The first-order valence-electron chi connectivity index (χ1n) is 6.84. The number of hydrogen-bond donors (Lipinski definition) is 1. The Kier molecular flexibility index (Phi) is 4.96. The van der Waals surface area contributed by atoms with Gasteiger partial charge in [-0.3, -0.25) is 0 Å². The highest BCUT2D eigenvalue weighted by molar-refractivity contribution is 7.99. The molecule has 2 rings (SSSR count). The van der Waals surface area contributed by atoms with Crippen LogP contribution in [0.15, 0.2) is 40.6 Å². The van der Waals surface area contributed by atoms with Crippen LogP contribution in [0.1, 0.15) is 31.9 Å². The first-order valence-corrected chi connectivity index (χ1v) is 7.66. The Balaban J connectivity index is 2.22. The fourth-order valence-corrected chi connectivity index (χ4v) is 2.54. The minimum atomic E-state index is -0.205. The molecule has 0 saturated carbocycles. The van der Waals surface area contributed by atoms with Crippen molar-refractivity contribution in [1.82, 2.24) is 15.3 Å². The largest absolute Gasteiger partial charge is 0.308 e. The number of halogens is 1. The summed E-state index contributed by atoms with van der Waals surface area (Å²) in [4.78, 5) is 9.37. The summed E-state index contributed by atoms with van der Waals surface area (Å²) in [5.41, 5.74) is 1.60. The molecule has 112 valence electrons. The van der Waals surface area contributed by atoms with E-state index in [4.69, 9.17) is 0 Å². The normalized spacial score (nSPS) is 11.7. The summed E-state index contributed by atoms with van der Waals surface area (Å²) in [6.07, 6.45) is 3.53. The average molecular weight is 305 g/mol. The molecule has 0 bridgehead atoms. The SMILES string of the molecule is Cc1cnc(Sc2cccc(F)c2CNC(C)(C)C)nc1. The molecule has 0 aliphatic carbocycles. The maximum Gasteiger partial charge on any atom is 0.192 e. The highest BCUT2D eigenvalue weighted by atomic mass is 32.2. The van der Waals surface area contributed by atoms with Crippen molar-refractivity contribution in [3.05, 3.63) is 47.5 Å². The molecule has 1 aromatic carbocycles. The minimum Gasteiger partial charge on any atom is -0.308 e. The van der Waals surface area contributed by atoms with Gasteiger partial charge in [0.2, 0.25) is 0 Å². The van der Waals surface area contributed by atoms with Crippen molar-refractivity contribution in [2.45, 2.75) is 49.8 Å². The second kappa shape index (κ2) is 6.54. The van der Waals surface area contributed by atoms with Crippen LogP contribution in [-0.2, 0) is 6.54 Å². The Morgan fingerprint density at radius 2 is 1.86 bits per heavy atom. The van der Waals surface area contributed by atoms with Gasteiger partial charge < -0.3 is 5.32 Å². The van der Waals surface area contributed by atoms with E-state index in [-0.39, 0.29) is 11.4 Å². The van der Waals surface area contributed by atoms with Gasteiger partial charge in [-0.05, 0) is 57.2 Å². The van der Waals surface area contributed by atoms with E-state index in [2.05, 4.69) is 36.1 Å². The van der Waals surface area contributed by atoms with Crippen LogP contribution in [0.5, 0.6) is 0 Å². The van der Waals surface area contributed by atoms with Crippen molar-refractivity contribution in [2.24, 2.45) is 0 Å². The van der Waals surface area contributed by atoms with Crippen molar-refractivity contribution >= 4 is 11.8 Å². The zero-order valence-corrected chi connectivity index (χ0v) is 13.6. The highest BCUT2D eigenvalue weighted by Gasteiger charge is 2.14. The van der Waals surface area contributed by atoms with E-state index in [1.54, 1.807) is 18.5 Å². The number of rotatable bonds is 4. The van der Waals surface area contributed by atoms with Crippen LogP contribution >= 0.6 is 11.8 Å². The van der Waals surface area contributed by atoms with Crippen LogP contribution in [-0.4, -0.2) is 15.5 Å². The Labute approximate surface area is 129 Å². The summed E-state index contributed by atoms with van der Waals surface area (Å²) < 4.78 is 14.1. The lowest BCUT2D eigenvalue weighted by atomic mass is 10.1. The highest BCUT2D eigenvalue weighted by Crippen LogP contribution is 2.29. The quantitative estimate of drug-likeness (QED) is 0.868. The smallest absolute Gasteiger partial charge is 0.192 e. The standard InChI is InChI=1S/C16H20FN3S/c1-11-8-18-15(19-9-11)21-14-7-5-6-13(17)12(14)10-20-16(2,3)4/h5-9,20H,10H2,1-4H3. The zero-order chi connectivity index (χ0) is 15.5. The topological polar surface area (TPSA) is 37.8 Å². The molecule has 0 spiro atoms. The van der Waals surface area contributed by atoms with Crippen molar-refractivity contribution in [3.8, 4) is 0 Å². The molecule has 3 nitrogen and oxygen atoms in total. The predicted octanol–water partition coefficient (Wildman–Crippen LogP) is 3.96. The van der Waals surface area contributed by atoms with Gasteiger partial charge in [-0.15, -0.1) is 0 Å². The van der Waals surface area contributed by atoms with Crippen LogP contribution in [0.2, 0.25) is 0 Å². The molecule has 0 saturated heterocycles. The van der Waals surface area contributed by atoms with Gasteiger partial charge in [-0.1, -0.05) is 6.07 Å². The molecule has 1 N–H and O–H groups in total. The summed E-state index contributed by atoms with van der Waals surface area (Å²) >= 11 is 1.39. The first-order chi connectivity index (χ1) is 9.85. The van der Waals surface area contributed by atoms with Gasteiger partial charge in [0.15, 0.2) is 5.16 Å². The van der Waals surface area contributed by atoms with Crippen LogP contribution in [0.4, 0.5) is 4.39 Å². The van der Waals surface area contributed by atoms with Crippen molar-refractivity contribution in [1.29, 1.82) is 0 Å². The fraction of sp³-hybridized carbons (Fsp3) is 0.375. The van der Waals surface area contributed by atoms with Gasteiger partial charge in [0.1, 0.15) is 5.82 Å². The van der Waals surface area contributed by atoms with Gasteiger partial charge in [0.05, 0.1) is 0 Å². The number of aromatic nitrogens is 2. The molecule has 1 heterocycles. The summed E-state index contributed by atoms with van der Waals surface area (Å²) in [5.74, 6) is -0.205. The van der Waals surface area contributed by atoms with Gasteiger partial charge in [0, 0.05) is 34.9 Å².